The van der Waals surface area contributed by atoms with Crippen LogP contribution in [0.4, 0.5) is 5.69 Å². The van der Waals surface area contributed by atoms with Gasteiger partial charge in [0.2, 0.25) is 10.0 Å². The lowest BCUT2D eigenvalue weighted by atomic mass is 9.76. The highest BCUT2D eigenvalue weighted by molar-refractivity contribution is 7.89. The third-order valence-corrected chi connectivity index (χ3v) is 5.88. The Labute approximate surface area is 121 Å². The van der Waals surface area contributed by atoms with Crippen molar-refractivity contribution in [1.29, 1.82) is 0 Å². The number of hydrogen-bond donors (Lipinski definition) is 2. The van der Waals surface area contributed by atoms with E-state index in [1.54, 1.807) is 25.1 Å². The molecule has 1 fully saturated rings. The molecule has 1 aromatic carbocycles. The standard InChI is InChI=1S/C15H24N2O2S/c1-12-7-6-8-13(16)14(12)20(18,19)17-11-15(2)9-4-3-5-10-15/h6-8,17H,3-5,9-11,16H2,1-2H3. The molecule has 1 aromatic rings. The summed E-state index contributed by atoms with van der Waals surface area (Å²) >= 11 is 0. The molecule has 0 amide bonds. The number of benzene rings is 1. The van der Waals surface area contributed by atoms with Crippen molar-refractivity contribution in [2.45, 2.75) is 50.8 Å². The maximum atomic E-state index is 12.5. The quantitative estimate of drug-likeness (QED) is 0.839. The smallest absolute Gasteiger partial charge is 0.242 e. The summed E-state index contributed by atoms with van der Waals surface area (Å²) in [5.74, 6) is 0. The van der Waals surface area contributed by atoms with Crippen LogP contribution in [0.2, 0.25) is 0 Å². The minimum absolute atomic E-state index is 0.0722. The number of nitrogen functional groups attached to an aromatic ring is 1. The van der Waals surface area contributed by atoms with Crippen molar-refractivity contribution >= 4 is 15.7 Å². The summed E-state index contributed by atoms with van der Waals surface area (Å²) in [6.07, 6.45) is 5.79. The lowest BCUT2D eigenvalue weighted by Crippen LogP contribution is -2.37. The van der Waals surface area contributed by atoms with Gasteiger partial charge in [0.05, 0.1) is 5.69 Å². The number of nitrogens with one attached hydrogen (secondary N) is 1. The van der Waals surface area contributed by atoms with Crippen LogP contribution in [0.15, 0.2) is 23.1 Å². The van der Waals surface area contributed by atoms with Crippen molar-refractivity contribution in [3.63, 3.8) is 0 Å². The topological polar surface area (TPSA) is 72.2 Å². The molecular weight excluding hydrogens is 272 g/mol. The van der Waals surface area contributed by atoms with Crippen LogP contribution < -0.4 is 10.5 Å². The molecule has 0 aromatic heterocycles. The van der Waals surface area contributed by atoms with E-state index >= 15 is 0 Å². The summed E-state index contributed by atoms with van der Waals surface area (Å²) < 4.78 is 27.7. The Hall–Kier alpha value is -1.07. The van der Waals surface area contributed by atoms with Crippen molar-refractivity contribution < 1.29 is 8.42 Å². The Balaban J connectivity index is 2.15. The van der Waals surface area contributed by atoms with Crippen molar-refractivity contribution in [1.82, 2.24) is 4.72 Å². The first-order chi connectivity index (χ1) is 9.34. The van der Waals surface area contributed by atoms with Gasteiger partial charge in [-0.3, -0.25) is 0 Å². The molecule has 1 aliphatic rings. The molecule has 0 aliphatic heterocycles. The van der Waals surface area contributed by atoms with E-state index in [4.69, 9.17) is 5.73 Å². The number of aryl methyl sites for hydroxylation is 1. The molecule has 0 unspecified atom stereocenters. The van der Waals surface area contributed by atoms with Crippen LogP contribution in [0.1, 0.15) is 44.6 Å². The van der Waals surface area contributed by atoms with E-state index in [-0.39, 0.29) is 10.3 Å². The molecule has 112 valence electrons. The van der Waals surface area contributed by atoms with Gasteiger partial charge in [0, 0.05) is 6.54 Å². The van der Waals surface area contributed by atoms with Crippen molar-refractivity contribution in [2.75, 3.05) is 12.3 Å². The predicted molar refractivity (Wildman–Crippen MR) is 82.0 cm³/mol. The Morgan fingerprint density at radius 1 is 1.25 bits per heavy atom. The zero-order chi connectivity index (χ0) is 14.8. The molecule has 5 heteroatoms. The number of sulfonamides is 1. The first kappa shape index (κ1) is 15.3. The van der Waals surface area contributed by atoms with Crippen LogP contribution in [0.25, 0.3) is 0 Å². The Morgan fingerprint density at radius 3 is 2.50 bits per heavy atom. The first-order valence-electron chi connectivity index (χ1n) is 7.19. The molecule has 20 heavy (non-hydrogen) atoms. The third kappa shape index (κ3) is 3.33. The van der Waals surface area contributed by atoms with Crippen LogP contribution >= 0.6 is 0 Å². The molecule has 1 saturated carbocycles. The molecule has 1 aliphatic carbocycles. The number of nitrogens with two attached hydrogens (primary N) is 1. The minimum atomic E-state index is -3.53. The second-order valence-electron chi connectivity index (χ2n) is 6.19. The zero-order valence-electron chi connectivity index (χ0n) is 12.3. The second kappa shape index (κ2) is 5.74. The lowest BCUT2D eigenvalue weighted by molar-refractivity contribution is 0.219. The Bertz CT molecular complexity index is 555. The largest absolute Gasteiger partial charge is 0.398 e. The summed E-state index contributed by atoms with van der Waals surface area (Å²) in [4.78, 5) is 0.222. The molecule has 4 nitrogen and oxygen atoms in total. The van der Waals surface area contributed by atoms with E-state index in [0.29, 0.717) is 17.8 Å². The average molecular weight is 296 g/mol. The van der Waals surface area contributed by atoms with E-state index in [2.05, 4.69) is 11.6 Å². The number of anilines is 1. The Kier molecular flexibility index (Phi) is 4.39. The van der Waals surface area contributed by atoms with Gasteiger partial charge in [-0.25, -0.2) is 13.1 Å². The monoisotopic (exact) mass is 296 g/mol. The van der Waals surface area contributed by atoms with Gasteiger partial charge < -0.3 is 5.73 Å². The van der Waals surface area contributed by atoms with Crippen LogP contribution in [-0.2, 0) is 10.0 Å². The lowest BCUT2D eigenvalue weighted by Gasteiger charge is -2.33. The van der Waals surface area contributed by atoms with E-state index in [9.17, 15) is 8.42 Å². The van der Waals surface area contributed by atoms with Gasteiger partial charge in [-0.05, 0) is 36.8 Å². The average Bonchev–Trinajstić information content (AvgIpc) is 2.37. The normalized spacial score (nSPS) is 18.9. The molecule has 2 rings (SSSR count). The fourth-order valence-corrected chi connectivity index (χ4v) is 4.52. The van der Waals surface area contributed by atoms with E-state index in [1.807, 2.05) is 0 Å². The van der Waals surface area contributed by atoms with Gasteiger partial charge in [-0.1, -0.05) is 38.3 Å². The molecule has 0 heterocycles. The van der Waals surface area contributed by atoms with Gasteiger partial charge in [-0.15, -0.1) is 0 Å². The summed E-state index contributed by atoms with van der Waals surface area (Å²) in [7, 11) is -3.53. The van der Waals surface area contributed by atoms with Gasteiger partial charge in [0.1, 0.15) is 4.90 Å². The second-order valence-corrected chi connectivity index (χ2v) is 7.89. The highest BCUT2D eigenvalue weighted by Crippen LogP contribution is 2.35. The van der Waals surface area contributed by atoms with Gasteiger partial charge in [0.15, 0.2) is 0 Å². The van der Waals surface area contributed by atoms with Crippen LogP contribution in [0.3, 0.4) is 0 Å². The predicted octanol–water partition coefficient (Wildman–Crippen LogP) is 2.83. The fourth-order valence-electron chi connectivity index (χ4n) is 2.97. The molecule has 0 bridgehead atoms. The van der Waals surface area contributed by atoms with Crippen LogP contribution in [-0.4, -0.2) is 15.0 Å². The van der Waals surface area contributed by atoms with Crippen molar-refractivity contribution in [2.24, 2.45) is 5.41 Å². The van der Waals surface area contributed by atoms with E-state index in [0.717, 1.165) is 12.8 Å². The van der Waals surface area contributed by atoms with Gasteiger partial charge in [-0.2, -0.15) is 0 Å². The molecule has 3 N–H and O–H groups in total. The van der Waals surface area contributed by atoms with Gasteiger partial charge >= 0.3 is 0 Å². The summed E-state index contributed by atoms with van der Waals surface area (Å²) in [6, 6.07) is 5.17. The first-order valence-corrected chi connectivity index (χ1v) is 8.67. The number of rotatable bonds is 4. The maximum absolute atomic E-state index is 12.5. The molecule has 0 saturated heterocycles. The molecule has 0 spiro atoms. The maximum Gasteiger partial charge on any atom is 0.242 e. The van der Waals surface area contributed by atoms with E-state index in [1.165, 1.54) is 19.3 Å². The van der Waals surface area contributed by atoms with E-state index < -0.39 is 10.0 Å². The SMILES string of the molecule is Cc1cccc(N)c1S(=O)(=O)NCC1(C)CCCCC1. The fraction of sp³-hybridized carbons (Fsp3) is 0.600. The minimum Gasteiger partial charge on any atom is -0.398 e. The van der Waals surface area contributed by atoms with Crippen LogP contribution in [0.5, 0.6) is 0 Å². The van der Waals surface area contributed by atoms with Crippen molar-refractivity contribution in [3.05, 3.63) is 23.8 Å². The third-order valence-electron chi connectivity index (χ3n) is 4.26. The van der Waals surface area contributed by atoms with Crippen LogP contribution in [0, 0.1) is 12.3 Å². The Morgan fingerprint density at radius 2 is 1.90 bits per heavy atom. The molecule has 0 atom stereocenters. The van der Waals surface area contributed by atoms with Gasteiger partial charge in [0.25, 0.3) is 0 Å². The van der Waals surface area contributed by atoms with Crippen molar-refractivity contribution in [3.8, 4) is 0 Å². The zero-order valence-corrected chi connectivity index (χ0v) is 13.1. The molecular formula is C15H24N2O2S. The highest BCUT2D eigenvalue weighted by atomic mass is 32.2. The molecule has 0 radical (unpaired) electrons. The highest BCUT2D eigenvalue weighted by Gasteiger charge is 2.29. The number of hydrogen-bond acceptors (Lipinski definition) is 3. The summed E-state index contributed by atoms with van der Waals surface area (Å²) in [5.41, 5.74) is 6.90. The summed E-state index contributed by atoms with van der Waals surface area (Å²) in [5, 5.41) is 0. The summed E-state index contributed by atoms with van der Waals surface area (Å²) in [6.45, 7) is 4.42.